The van der Waals surface area contributed by atoms with Crippen LogP contribution in [0.4, 0.5) is 0 Å². The Labute approximate surface area is 189 Å². The molecule has 1 aliphatic carbocycles. The van der Waals surface area contributed by atoms with Gasteiger partial charge in [-0.15, -0.1) is 34.2 Å². The lowest BCUT2D eigenvalue weighted by Crippen LogP contribution is -2.56. The Bertz CT molecular complexity index is 739. The molecule has 1 atom stereocenters. The molecule has 0 bridgehead atoms. The van der Waals surface area contributed by atoms with Gasteiger partial charge in [0, 0.05) is 39.3 Å². The van der Waals surface area contributed by atoms with Crippen molar-refractivity contribution in [2.75, 3.05) is 39.8 Å². The third-order valence-corrected chi connectivity index (χ3v) is 6.16. The van der Waals surface area contributed by atoms with Crippen molar-refractivity contribution in [1.82, 2.24) is 34.8 Å². The van der Waals surface area contributed by atoms with E-state index >= 15 is 0 Å². The molecular weight excluding hydrogens is 483 g/mol. The maximum Gasteiger partial charge on any atom is 0.240 e. The molecule has 2 saturated heterocycles. The number of hydrogen-bond donors (Lipinski definition) is 1. The average molecular weight is 516 g/mol. The van der Waals surface area contributed by atoms with Crippen molar-refractivity contribution < 1.29 is 4.79 Å². The Kier molecular flexibility index (Phi) is 7.36. The summed E-state index contributed by atoms with van der Waals surface area (Å²) >= 11 is 0. The molecule has 2 aliphatic heterocycles. The topological polar surface area (TPSA) is 81.9 Å². The molecule has 3 heterocycles. The van der Waals surface area contributed by atoms with E-state index in [1.165, 1.54) is 12.8 Å². The van der Waals surface area contributed by atoms with Crippen LogP contribution in [0.25, 0.3) is 0 Å². The number of rotatable bonds is 4. The van der Waals surface area contributed by atoms with Crippen molar-refractivity contribution in [3.8, 4) is 0 Å². The minimum atomic E-state index is 0. The van der Waals surface area contributed by atoms with Gasteiger partial charge < -0.3 is 19.7 Å². The smallest absolute Gasteiger partial charge is 0.240 e. The predicted octanol–water partition coefficient (Wildman–Crippen LogP) is 0.588. The van der Waals surface area contributed by atoms with Crippen LogP contribution in [0.15, 0.2) is 4.99 Å². The highest BCUT2D eigenvalue weighted by Crippen LogP contribution is 2.20. The molecule has 0 spiro atoms. The fraction of sp³-hybridized carbons (Fsp3) is 0.789. The number of aliphatic imine (C=N–C) groups is 1. The summed E-state index contributed by atoms with van der Waals surface area (Å²) in [5, 5.41) is 11.9. The van der Waals surface area contributed by atoms with Crippen LogP contribution >= 0.6 is 24.0 Å². The minimum Gasteiger partial charge on any atom is -0.353 e. The maximum atomic E-state index is 12.8. The van der Waals surface area contributed by atoms with Crippen LogP contribution in [0.3, 0.4) is 0 Å². The second-order valence-corrected chi connectivity index (χ2v) is 8.23. The first-order valence-corrected chi connectivity index (χ1v) is 10.4. The Morgan fingerprint density at radius 1 is 1.07 bits per heavy atom. The molecule has 1 aromatic rings. The number of carbonyl (C=O) groups excluding carboxylic acids is 1. The molecule has 29 heavy (non-hydrogen) atoms. The largest absolute Gasteiger partial charge is 0.353 e. The number of amides is 1. The average Bonchev–Trinajstić information content (AvgIpc) is 3.34. The number of guanidine groups is 1. The van der Waals surface area contributed by atoms with E-state index in [2.05, 4.69) is 32.4 Å². The molecule has 0 aromatic carbocycles. The van der Waals surface area contributed by atoms with E-state index < -0.39 is 0 Å². The van der Waals surface area contributed by atoms with Gasteiger partial charge in [-0.25, -0.2) is 4.99 Å². The van der Waals surface area contributed by atoms with Gasteiger partial charge in [0.1, 0.15) is 12.4 Å². The number of nitrogens with one attached hydrogen (secondary N) is 1. The van der Waals surface area contributed by atoms with E-state index in [1.54, 1.807) is 0 Å². The van der Waals surface area contributed by atoms with E-state index in [0.29, 0.717) is 18.5 Å². The molecule has 1 amide bonds. The number of halogens is 1. The highest BCUT2D eigenvalue weighted by Gasteiger charge is 2.34. The van der Waals surface area contributed by atoms with E-state index in [1.807, 2.05) is 23.4 Å². The van der Waals surface area contributed by atoms with Gasteiger partial charge in [0.15, 0.2) is 11.8 Å². The second kappa shape index (κ2) is 9.59. The lowest BCUT2D eigenvalue weighted by Gasteiger charge is -2.38. The summed E-state index contributed by atoms with van der Waals surface area (Å²) in [6, 6.07) is 0.607. The normalized spacial score (nSPS) is 23.3. The predicted molar refractivity (Wildman–Crippen MR) is 122 cm³/mol. The van der Waals surface area contributed by atoms with E-state index in [9.17, 15) is 4.79 Å². The summed E-state index contributed by atoms with van der Waals surface area (Å²) < 4.78 is 1.98. The fourth-order valence-corrected chi connectivity index (χ4v) is 3.95. The standard InChI is InChI=1S/C19H32N8O.HI/c1-14-22-23-17(25(14)3)13-20-19(21-15-6-7-15)27-11-9-26(10-12-27)18(28)16-5-4-8-24(16)2;/h15-16H,4-13H2,1-3H3,(H,20,21);1H. The van der Waals surface area contributed by atoms with Gasteiger partial charge in [0.05, 0.1) is 6.04 Å². The molecule has 1 saturated carbocycles. The summed E-state index contributed by atoms with van der Waals surface area (Å²) in [4.78, 5) is 24.2. The van der Waals surface area contributed by atoms with Crippen molar-refractivity contribution >= 4 is 35.8 Å². The number of nitrogens with zero attached hydrogens (tertiary/aromatic N) is 7. The van der Waals surface area contributed by atoms with Crippen LogP contribution in [0, 0.1) is 6.92 Å². The molecule has 0 radical (unpaired) electrons. The monoisotopic (exact) mass is 516 g/mol. The second-order valence-electron chi connectivity index (χ2n) is 8.23. The summed E-state index contributed by atoms with van der Waals surface area (Å²) in [6.45, 7) is 6.65. The molecule has 3 fully saturated rings. The van der Waals surface area contributed by atoms with Gasteiger partial charge in [-0.05, 0) is 46.2 Å². The Morgan fingerprint density at radius 2 is 1.76 bits per heavy atom. The van der Waals surface area contributed by atoms with Crippen LogP contribution in [0.5, 0.6) is 0 Å². The number of piperazine rings is 1. The molecule has 10 heteroatoms. The molecule has 162 valence electrons. The highest BCUT2D eigenvalue weighted by molar-refractivity contribution is 14.0. The van der Waals surface area contributed by atoms with Crippen LogP contribution in [0.1, 0.15) is 37.3 Å². The molecule has 1 unspecified atom stereocenters. The molecule has 1 aromatic heterocycles. The quantitative estimate of drug-likeness (QED) is 0.359. The van der Waals surface area contributed by atoms with E-state index in [4.69, 9.17) is 4.99 Å². The number of likely N-dealkylation sites (N-methyl/N-ethyl adjacent to an activating group) is 1. The summed E-state index contributed by atoms with van der Waals surface area (Å²) in [7, 11) is 4.03. The van der Waals surface area contributed by atoms with Gasteiger partial charge in [-0.3, -0.25) is 9.69 Å². The van der Waals surface area contributed by atoms with Crippen molar-refractivity contribution in [3.63, 3.8) is 0 Å². The third-order valence-electron chi connectivity index (χ3n) is 6.16. The Hall–Kier alpha value is -1.43. The van der Waals surface area contributed by atoms with E-state index in [0.717, 1.165) is 63.2 Å². The highest BCUT2D eigenvalue weighted by atomic mass is 127. The third kappa shape index (κ3) is 5.19. The minimum absolute atomic E-state index is 0. The van der Waals surface area contributed by atoms with Crippen molar-refractivity contribution in [1.29, 1.82) is 0 Å². The van der Waals surface area contributed by atoms with Gasteiger partial charge >= 0.3 is 0 Å². The van der Waals surface area contributed by atoms with Crippen LogP contribution in [0.2, 0.25) is 0 Å². The van der Waals surface area contributed by atoms with Crippen molar-refractivity contribution in [3.05, 3.63) is 11.6 Å². The number of carbonyl (C=O) groups is 1. The molecule has 1 N–H and O–H groups in total. The zero-order chi connectivity index (χ0) is 19.7. The summed E-state index contributed by atoms with van der Waals surface area (Å²) in [6.07, 6.45) is 4.52. The molecular formula is C19H33IN8O. The number of aryl methyl sites for hydroxylation is 1. The molecule has 9 nitrogen and oxygen atoms in total. The van der Waals surface area contributed by atoms with Gasteiger partial charge in [0.25, 0.3) is 0 Å². The number of aromatic nitrogens is 3. The molecule has 3 aliphatic rings. The zero-order valence-corrected chi connectivity index (χ0v) is 20.0. The van der Waals surface area contributed by atoms with Gasteiger partial charge in [-0.2, -0.15) is 0 Å². The van der Waals surface area contributed by atoms with Crippen molar-refractivity contribution in [2.24, 2.45) is 12.0 Å². The first-order chi connectivity index (χ1) is 13.5. The Balaban J connectivity index is 0.00000240. The first kappa shape index (κ1) is 22.3. The molecule has 4 rings (SSSR count). The maximum absolute atomic E-state index is 12.8. The SMILES string of the molecule is Cc1nnc(CN=C(NC2CC2)N2CCN(C(=O)C3CCCN3C)CC2)n1C.I. The zero-order valence-electron chi connectivity index (χ0n) is 17.7. The van der Waals surface area contributed by atoms with Gasteiger partial charge in [0.2, 0.25) is 5.91 Å². The lowest BCUT2D eigenvalue weighted by atomic mass is 10.2. The Morgan fingerprint density at radius 3 is 2.31 bits per heavy atom. The van der Waals surface area contributed by atoms with Crippen LogP contribution in [-0.2, 0) is 18.4 Å². The fourth-order valence-electron chi connectivity index (χ4n) is 3.95. The first-order valence-electron chi connectivity index (χ1n) is 10.4. The van der Waals surface area contributed by atoms with Gasteiger partial charge in [-0.1, -0.05) is 0 Å². The summed E-state index contributed by atoms with van der Waals surface area (Å²) in [5.74, 6) is 2.99. The summed E-state index contributed by atoms with van der Waals surface area (Å²) in [5.41, 5.74) is 0. The number of hydrogen-bond acceptors (Lipinski definition) is 5. The lowest BCUT2D eigenvalue weighted by molar-refractivity contribution is -0.136. The van der Waals surface area contributed by atoms with Crippen LogP contribution in [-0.4, -0.2) is 93.2 Å². The number of likely N-dealkylation sites (tertiary alicyclic amines) is 1. The van der Waals surface area contributed by atoms with E-state index in [-0.39, 0.29) is 30.0 Å². The van der Waals surface area contributed by atoms with Crippen LogP contribution < -0.4 is 5.32 Å². The van der Waals surface area contributed by atoms with Crippen molar-refractivity contribution in [2.45, 2.75) is 51.2 Å².